The maximum absolute atomic E-state index is 11.3. The summed E-state index contributed by atoms with van der Waals surface area (Å²) in [7, 11) is 0. The maximum atomic E-state index is 11.3. The van der Waals surface area contributed by atoms with Crippen molar-refractivity contribution in [3.8, 4) is 11.5 Å². The fraction of sp³-hybridized carbons (Fsp3) is 0.182. The van der Waals surface area contributed by atoms with Crippen LogP contribution in [0.15, 0.2) is 22.7 Å². The van der Waals surface area contributed by atoms with Gasteiger partial charge in [0.25, 0.3) is 5.91 Å². The van der Waals surface area contributed by atoms with E-state index in [1.165, 1.54) is 0 Å². The molecular formula is C11H11N3O2. The van der Waals surface area contributed by atoms with Crippen molar-refractivity contribution in [2.24, 2.45) is 5.73 Å². The molecule has 0 unspecified atom stereocenters. The summed E-state index contributed by atoms with van der Waals surface area (Å²) < 4.78 is 5.08. The monoisotopic (exact) mass is 217 g/mol. The fourth-order valence-corrected chi connectivity index (χ4v) is 1.50. The third kappa shape index (κ3) is 1.67. The molecule has 2 aromatic heterocycles. The summed E-state index contributed by atoms with van der Waals surface area (Å²) in [6.45, 7) is 3.53. The Morgan fingerprint density at radius 1 is 1.38 bits per heavy atom. The number of carbonyl (C=O) groups is 1. The van der Waals surface area contributed by atoms with Gasteiger partial charge in [0.05, 0.1) is 5.69 Å². The van der Waals surface area contributed by atoms with E-state index in [4.69, 9.17) is 10.3 Å². The summed E-state index contributed by atoms with van der Waals surface area (Å²) in [5.41, 5.74) is 7.44. The Bertz CT molecular complexity index is 546. The molecule has 1 amide bonds. The molecule has 0 aliphatic rings. The van der Waals surface area contributed by atoms with Gasteiger partial charge in [-0.2, -0.15) is 0 Å². The number of pyridine rings is 1. The van der Waals surface area contributed by atoms with E-state index >= 15 is 0 Å². The Hall–Kier alpha value is -2.17. The summed E-state index contributed by atoms with van der Waals surface area (Å²) in [6, 6.07) is 5.44. The summed E-state index contributed by atoms with van der Waals surface area (Å²) in [5, 5.41) is 3.73. The van der Waals surface area contributed by atoms with Crippen LogP contribution in [0.1, 0.15) is 21.7 Å². The molecule has 5 heteroatoms. The van der Waals surface area contributed by atoms with Crippen molar-refractivity contribution in [3.63, 3.8) is 0 Å². The molecule has 2 heterocycles. The van der Waals surface area contributed by atoms with E-state index in [1.807, 2.05) is 19.1 Å². The van der Waals surface area contributed by atoms with Gasteiger partial charge in [-0.3, -0.25) is 4.79 Å². The Morgan fingerprint density at radius 3 is 2.75 bits per heavy atom. The van der Waals surface area contributed by atoms with Gasteiger partial charge < -0.3 is 10.3 Å². The third-order valence-corrected chi connectivity index (χ3v) is 2.23. The van der Waals surface area contributed by atoms with E-state index in [-0.39, 0.29) is 5.56 Å². The number of hydrogen-bond donors (Lipinski definition) is 1. The van der Waals surface area contributed by atoms with Gasteiger partial charge in [-0.1, -0.05) is 11.2 Å². The number of nitrogens with two attached hydrogens (primary N) is 1. The molecule has 0 saturated carbocycles. The minimum Gasteiger partial charge on any atom is -0.365 e. The van der Waals surface area contributed by atoms with Crippen LogP contribution in [0.4, 0.5) is 0 Å². The molecule has 0 fully saturated rings. The Balaban J connectivity index is 2.60. The largest absolute Gasteiger partial charge is 0.365 e. The van der Waals surface area contributed by atoms with Crippen molar-refractivity contribution >= 4 is 5.91 Å². The van der Waals surface area contributed by atoms with Gasteiger partial charge in [-0.15, -0.1) is 0 Å². The second-order valence-corrected chi connectivity index (χ2v) is 3.50. The first kappa shape index (κ1) is 10.4. The topological polar surface area (TPSA) is 82.0 Å². The van der Waals surface area contributed by atoms with Gasteiger partial charge >= 0.3 is 0 Å². The molecule has 0 saturated heterocycles. The number of amides is 1. The quantitative estimate of drug-likeness (QED) is 0.825. The number of primary amides is 1. The first-order valence-electron chi connectivity index (χ1n) is 4.79. The summed E-state index contributed by atoms with van der Waals surface area (Å²) in [6.07, 6.45) is 0. The van der Waals surface area contributed by atoms with Crippen LogP contribution in [-0.2, 0) is 0 Å². The van der Waals surface area contributed by atoms with E-state index in [1.54, 1.807) is 13.0 Å². The van der Waals surface area contributed by atoms with Crippen molar-refractivity contribution in [3.05, 3.63) is 35.2 Å². The number of aryl methyl sites for hydroxylation is 2. The van der Waals surface area contributed by atoms with Crippen LogP contribution in [0.2, 0.25) is 0 Å². The normalized spacial score (nSPS) is 10.4. The van der Waals surface area contributed by atoms with Crippen LogP contribution >= 0.6 is 0 Å². The van der Waals surface area contributed by atoms with Gasteiger partial charge in [0.2, 0.25) is 0 Å². The molecule has 0 spiro atoms. The molecule has 2 aromatic rings. The van der Waals surface area contributed by atoms with Gasteiger partial charge in [0.15, 0.2) is 5.76 Å². The molecule has 0 atom stereocenters. The highest BCUT2D eigenvalue weighted by molar-refractivity contribution is 5.99. The molecule has 0 aliphatic heterocycles. The zero-order valence-electron chi connectivity index (χ0n) is 9.02. The van der Waals surface area contributed by atoms with Gasteiger partial charge in [0, 0.05) is 5.69 Å². The lowest BCUT2D eigenvalue weighted by Gasteiger charge is -1.99. The first-order valence-corrected chi connectivity index (χ1v) is 4.79. The van der Waals surface area contributed by atoms with E-state index in [9.17, 15) is 4.79 Å². The minimum atomic E-state index is -0.558. The molecule has 5 nitrogen and oxygen atoms in total. The molecule has 0 bridgehead atoms. The van der Waals surface area contributed by atoms with E-state index in [0.717, 1.165) is 5.69 Å². The number of nitrogens with zero attached hydrogens (tertiary/aromatic N) is 2. The van der Waals surface area contributed by atoms with Gasteiger partial charge in [-0.25, -0.2) is 4.98 Å². The van der Waals surface area contributed by atoms with Gasteiger partial charge in [0.1, 0.15) is 11.3 Å². The van der Waals surface area contributed by atoms with Crippen LogP contribution in [0.5, 0.6) is 0 Å². The third-order valence-electron chi connectivity index (χ3n) is 2.23. The highest BCUT2D eigenvalue weighted by Gasteiger charge is 2.20. The van der Waals surface area contributed by atoms with Crippen molar-refractivity contribution in [2.75, 3.05) is 0 Å². The van der Waals surface area contributed by atoms with Crippen LogP contribution in [0, 0.1) is 13.8 Å². The smallest absolute Gasteiger partial charge is 0.254 e. The lowest BCUT2D eigenvalue weighted by molar-refractivity contribution is 0.1000. The van der Waals surface area contributed by atoms with Crippen molar-refractivity contribution in [1.82, 2.24) is 10.1 Å². The van der Waals surface area contributed by atoms with Crippen LogP contribution in [-0.4, -0.2) is 16.0 Å². The Kier molecular flexibility index (Phi) is 2.44. The Morgan fingerprint density at radius 2 is 2.12 bits per heavy atom. The second-order valence-electron chi connectivity index (χ2n) is 3.50. The summed E-state index contributed by atoms with van der Waals surface area (Å²) in [5.74, 6) is -0.231. The first-order chi connectivity index (χ1) is 7.59. The molecular weight excluding hydrogens is 206 g/mol. The maximum Gasteiger partial charge on any atom is 0.254 e. The van der Waals surface area contributed by atoms with Crippen molar-refractivity contribution in [1.29, 1.82) is 0 Å². The lowest BCUT2D eigenvalue weighted by atomic mass is 10.1. The number of hydrogen-bond acceptors (Lipinski definition) is 4. The molecule has 0 aliphatic carbocycles. The number of rotatable bonds is 2. The second kappa shape index (κ2) is 3.77. The zero-order valence-corrected chi connectivity index (χ0v) is 9.02. The minimum absolute atomic E-state index is 0.290. The van der Waals surface area contributed by atoms with Crippen LogP contribution in [0.25, 0.3) is 11.5 Å². The SMILES string of the molecule is Cc1cccc(-c2onc(C)c2C(N)=O)n1. The average Bonchev–Trinajstić information content (AvgIpc) is 2.60. The molecule has 2 rings (SSSR count). The summed E-state index contributed by atoms with van der Waals surface area (Å²) >= 11 is 0. The number of aromatic nitrogens is 2. The highest BCUT2D eigenvalue weighted by atomic mass is 16.5. The van der Waals surface area contributed by atoms with Crippen LogP contribution in [0.3, 0.4) is 0 Å². The summed E-state index contributed by atoms with van der Waals surface area (Å²) in [4.78, 5) is 15.5. The molecule has 0 radical (unpaired) electrons. The lowest BCUT2D eigenvalue weighted by Crippen LogP contribution is -2.12. The molecule has 82 valence electrons. The molecule has 16 heavy (non-hydrogen) atoms. The predicted molar refractivity (Wildman–Crippen MR) is 57.7 cm³/mol. The average molecular weight is 217 g/mol. The standard InChI is InChI=1S/C11H11N3O2/c1-6-4-3-5-8(13-6)10-9(11(12)15)7(2)14-16-10/h3-5H,1-2H3,(H2,12,15). The molecule has 2 N–H and O–H groups in total. The van der Waals surface area contributed by atoms with E-state index in [0.29, 0.717) is 17.1 Å². The fourth-order valence-electron chi connectivity index (χ4n) is 1.50. The highest BCUT2D eigenvalue weighted by Crippen LogP contribution is 2.24. The van der Waals surface area contributed by atoms with E-state index < -0.39 is 5.91 Å². The van der Waals surface area contributed by atoms with E-state index in [2.05, 4.69) is 10.1 Å². The predicted octanol–water partition coefficient (Wildman–Crippen LogP) is 1.45. The number of carbonyl (C=O) groups excluding carboxylic acids is 1. The molecule has 0 aromatic carbocycles. The van der Waals surface area contributed by atoms with Crippen LogP contribution < -0.4 is 5.73 Å². The van der Waals surface area contributed by atoms with Gasteiger partial charge in [-0.05, 0) is 26.0 Å². The Labute approximate surface area is 92.3 Å². The zero-order chi connectivity index (χ0) is 11.7. The van der Waals surface area contributed by atoms with Crippen molar-refractivity contribution < 1.29 is 9.32 Å². The van der Waals surface area contributed by atoms with Crippen molar-refractivity contribution in [2.45, 2.75) is 13.8 Å².